The van der Waals surface area contributed by atoms with Crippen LogP contribution in [-0.4, -0.2) is 24.0 Å². The Kier molecular flexibility index (Phi) is 6.60. The zero-order chi connectivity index (χ0) is 19.1. The van der Waals surface area contributed by atoms with E-state index in [-0.39, 0.29) is 12.2 Å². The van der Waals surface area contributed by atoms with Crippen molar-refractivity contribution < 1.29 is 19.1 Å². The maximum atomic E-state index is 12.2. The highest BCUT2D eigenvalue weighted by molar-refractivity contribution is 6.43. The van der Waals surface area contributed by atoms with Gasteiger partial charge in [0.15, 0.2) is 0 Å². The zero-order valence-electron chi connectivity index (χ0n) is 15.4. The minimum absolute atomic E-state index is 0.0477. The van der Waals surface area contributed by atoms with Gasteiger partial charge in [-0.05, 0) is 64.1 Å². The minimum atomic E-state index is -0.771. The van der Waals surface area contributed by atoms with Crippen LogP contribution in [0.25, 0.3) is 0 Å². The molecule has 2 rings (SSSR count). The first-order chi connectivity index (χ1) is 12.3. The van der Waals surface area contributed by atoms with Gasteiger partial charge in [0, 0.05) is 5.69 Å². The summed E-state index contributed by atoms with van der Waals surface area (Å²) in [5, 5.41) is 5.13. The van der Waals surface area contributed by atoms with Crippen molar-refractivity contribution in [2.24, 2.45) is 0 Å². The van der Waals surface area contributed by atoms with Crippen molar-refractivity contribution in [1.29, 1.82) is 0 Å². The summed E-state index contributed by atoms with van der Waals surface area (Å²) in [5.41, 5.74) is 0.954. The zero-order valence-corrected chi connectivity index (χ0v) is 15.4. The highest BCUT2D eigenvalue weighted by atomic mass is 16.5. The number of hydrogen-bond acceptors (Lipinski definition) is 4. The van der Waals surface area contributed by atoms with Crippen LogP contribution in [0.2, 0.25) is 0 Å². The first-order valence-electron chi connectivity index (χ1n) is 8.50. The molecule has 6 heteroatoms. The van der Waals surface area contributed by atoms with Gasteiger partial charge in [-0.1, -0.05) is 12.1 Å². The highest BCUT2D eigenvalue weighted by Crippen LogP contribution is 2.25. The number of ether oxygens (including phenoxy) is 2. The van der Waals surface area contributed by atoms with Crippen LogP contribution in [0.5, 0.6) is 11.5 Å². The van der Waals surface area contributed by atoms with Crippen LogP contribution in [0.3, 0.4) is 0 Å². The van der Waals surface area contributed by atoms with Gasteiger partial charge in [-0.15, -0.1) is 0 Å². The molecule has 0 bridgehead atoms. The highest BCUT2D eigenvalue weighted by Gasteiger charge is 2.16. The Bertz CT molecular complexity index is 755. The first-order valence-corrected chi connectivity index (χ1v) is 8.50. The normalized spacial score (nSPS) is 10.5. The fourth-order valence-corrected chi connectivity index (χ4v) is 2.18. The molecule has 0 aliphatic heterocycles. The Balaban J connectivity index is 1.99. The minimum Gasteiger partial charge on any atom is -0.491 e. The summed E-state index contributed by atoms with van der Waals surface area (Å²) in [6.07, 6.45) is 0.0165. The second-order valence-corrected chi connectivity index (χ2v) is 6.26. The van der Waals surface area contributed by atoms with E-state index in [1.807, 2.05) is 27.7 Å². The van der Waals surface area contributed by atoms with Gasteiger partial charge in [0.05, 0.1) is 17.9 Å². The molecule has 2 aromatic carbocycles. The lowest BCUT2D eigenvalue weighted by Gasteiger charge is -2.14. The van der Waals surface area contributed by atoms with E-state index < -0.39 is 11.8 Å². The van der Waals surface area contributed by atoms with Crippen LogP contribution in [-0.2, 0) is 9.59 Å². The van der Waals surface area contributed by atoms with Crippen molar-refractivity contribution in [2.45, 2.75) is 39.9 Å². The van der Waals surface area contributed by atoms with Gasteiger partial charge in [0.25, 0.3) is 0 Å². The Morgan fingerprint density at radius 1 is 0.769 bits per heavy atom. The molecule has 26 heavy (non-hydrogen) atoms. The molecule has 6 nitrogen and oxygen atoms in total. The molecule has 2 aromatic rings. The van der Waals surface area contributed by atoms with E-state index in [9.17, 15) is 9.59 Å². The van der Waals surface area contributed by atoms with Crippen LogP contribution in [0.4, 0.5) is 11.4 Å². The molecule has 0 radical (unpaired) electrons. The second-order valence-electron chi connectivity index (χ2n) is 6.26. The van der Waals surface area contributed by atoms with Crippen molar-refractivity contribution in [2.75, 3.05) is 10.6 Å². The molecular weight excluding hydrogens is 332 g/mol. The van der Waals surface area contributed by atoms with Crippen LogP contribution >= 0.6 is 0 Å². The molecule has 0 aliphatic carbocycles. The number of amides is 2. The number of carbonyl (C=O) groups excluding carboxylic acids is 2. The molecule has 0 aromatic heterocycles. The topological polar surface area (TPSA) is 76.7 Å². The second kappa shape index (κ2) is 8.89. The van der Waals surface area contributed by atoms with E-state index in [4.69, 9.17) is 9.47 Å². The van der Waals surface area contributed by atoms with Gasteiger partial charge in [-0.25, -0.2) is 0 Å². The molecule has 2 amide bonds. The lowest BCUT2D eigenvalue weighted by atomic mass is 10.2. The number of carbonyl (C=O) groups is 2. The van der Waals surface area contributed by atoms with Gasteiger partial charge in [-0.2, -0.15) is 0 Å². The van der Waals surface area contributed by atoms with E-state index in [1.54, 1.807) is 48.5 Å². The van der Waals surface area contributed by atoms with E-state index >= 15 is 0 Å². The molecule has 0 aliphatic rings. The van der Waals surface area contributed by atoms with Crippen molar-refractivity contribution in [3.8, 4) is 11.5 Å². The molecule has 0 saturated heterocycles. The molecule has 0 fully saturated rings. The van der Waals surface area contributed by atoms with Gasteiger partial charge in [-0.3, -0.25) is 9.59 Å². The quantitative estimate of drug-likeness (QED) is 0.771. The Morgan fingerprint density at radius 3 is 1.96 bits per heavy atom. The van der Waals surface area contributed by atoms with Crippen molar-refractivity contribution >= 4 is 23.2 Å². The Labute approximate surface area is 153 Å². The smallest absolute Gasteiger partial charge is 0.314 e. The number of benzene rings is 2. The van der Waals surface area contributed by atoms with Crippen molar-refractivity contribution in [1.82, 2.24) is 0 Å². The van der Waals surface area contributed by atoms with Crippen LogP contribution in [0, 0.1) is 0 Å². The SMILES string of the molecule is CC(C)Oc1ccc(NC(=O)C(=O)Nc2ccccc2OC(C)C)cc1. The lowest BCUT2D eigenvalue weighted by Crippen LogP contribution is -2.29. The number of hydrogen-bond donors (Lipinski definition) is 2. The van der Waals surface area contributed by atoms with Crippen LogP contribution in [0.1, 0.15) is 27.7 Å². The van der Waals surface area contributed by atoms with Crippen LogP contribution < -0.4 is 20.1 Å². The summed E-state index contributed by atoms with van der Waals surface area (Å²) >= 11 is 0. The van der Waals surface area contributed by atoms with Gasteiger partial charge < -0.3 is 20.1 Å². The summed E-state index contributed by atoms with van der Waals surface area (Å²) < 4.78 is 11.2. The maximum Gasteiger partial charge on any atom is 0.314 e. The fourth-order valence-electron chi connectivity index (χ4n) is 2.18. The van der Waals surface area contributed by atoms with Crippen molar-refractivity contribution in [3.63, 3.8) is 0 Å². The van der Waals surface area contributed by atoms with E-state index in [0.29, 0.717) is 22.9 Å². The summed E-state index contributed by atoms with van der Waals surface area (Å²) in [6.45, 7) is 7.64. The predicted molar refractivity (Wildman–Crippen MR) is 102 cm³/mol. The molecular formula is C20H24N2O4. The molecule has 0 unspecified atom stereocenters. The van der Waals surface area contributed by atoms with E-state index in [2.05, 4.69) is 10.6 Å². The number of para-hydroxylation sites is 2. The molecule has 2 N–H and O–H groups in total. The molecule has 0 saturated carbocycles. The molecule has 0 heterocycles. The summed E-state index contributed by atoms with van der Waals surface area (Å²) in [6, 6.07) is 13.8. The van der Waals surface area contributed by atoms with Gasteiger partial charge in [0.2, 0.25) is 0 Å². The predicted octanol–water partition coefficient (Wildman–Crippen LogP) is 3.84. The fraction of sp³-hybridized carbons (Fsp3) is 0.300. The standard InChI is InChI=1S/C20H24N2O4/c1-13(2)25-16-11-9-15(10-12-16)21-19(23)20(24)22-17-7-5-6-8-18(17)26-14(3)4/h5-14H,1-4H3,(H,21,23)(H,22,24). The summed E-state index contributed by atoms with van der Waals surface area (Å²) in [5.74, 6) is -0.324. The summed E-state index contributed by atoms with van der Waals surface area (Å²) in [4.78, 5) is 24.3. The van der Waals surface area contributed by atoms with Crippen LogP contribution in [0.15, 0.2) is 48.5 Å². The molecule has 138 valence electrons. The summed E-state index contributed by atoms with van der Waals surface area (Å²) in [7, 11) is 0. The largest absolute Gasteiger partial charge is 0.491 e. The first kappa shape index (κ1) is 19.3. The number of anilines is 2. The van der Waals surface area contributed by atoms with E-state index in [0.717, 1.165) is 0 Å². The monoisotopic (exact) mass is 356 g/mol. The van der Waals surface area contributed by atoms with E-state index in [1.165, 1.54) is 0 Å². The number of rotatable bonds is 6. The Hall–Kier alpha value is -3.02. The average Bonchev–Trinajstić information content (AvgIpc) is 2.57. The lowest BCUT2D eigenvalue weighted by molar-refractivity contribution is -0.133. The molecule has 0 atom stereocenters. The van der Waals surface area contributed by atoms with Gasteiger partial charge >= 0.3 is 11.8 Å². The third kappa shape index (κ3) is 5.81. The maximum absolute atomic E-state index is 12.2. The van der Waals surface area contributed by atoms with Gasteiger partial charge in [0.1, 0.15) is 11.5 Å². The Morgan fingerprint density at radius 2 is 1.35 bits per heavy atom. The third-order valence-electron chi connectivity index (χ3n) is 3.19. The third-order valence-corrected chi connectivity index (χ3v) is 3.19. The molecule has 0 spiro atoms. The number of nitrogens with one attached hydrogen (secondary N) is 2. The average molecular weight is 356 g/mol. The van der Waals surface area contributed by atoms with Crippen molar-refractivity contribution in [3.05, 3.63) is 48.5 Å².